The number of nitrogens with zero attached hydrogens (tertiary/aromatic N) is 5. The van der Waals surface area contributed by atoms with Crippen molar-refractivity contribution in [3.8, 4) is 0 Å². The molecule has 2 aromatic heterocycles. The number of hydrogen-bond acceptors (Lipinski definition) is 6. The number of amides is 1. The Morgan fingerprint density at radius 2 is 2.50 bits per heavy atom. The van der Waals surface area contributed by atoms with Gasteiger partial charge in [-0.2, -0.15) is 4.98 Å². The summed E-state index contributed by atoms with van der Waals surface area (Å²) in [5.41, 5.74) is 5.27. The number of H-pyrrole nitrogens is 1. The Hall–Kier alpha value is -2.45. The summed E-state index contributed by atoms with van der Waals surface area (Å²) in [4.78, 5) is 15.1. The van der Waals surface area contributed by atoms with E-state index in [-0.39, 0.29) is 17.7 Å². The first-order valence-electron chi connectivity index (χ1n) is 4.56. The van der Waals surface area contributed by atoms with Gasteiger partial charge in [0.1, 0.15) is 0 Å². The van der Waals surface area contributed by atoms with Gasteiger partial charge >= 0.3 is 0 Å². The zero-order valence-electron chi connectivity index (χ0n) is 8.29. The number of anilines is 1. The molecule has 0 bridgehead atoms. The average molecular weight is 222 g/mol. The molecule has 0 aliphatic heterocycles. The molecule has 2 heterocycles. The zero-order valence-corrected chi connectivity index (χ0v) is 8.29. The standard InChI is InChI=1S/C7H10N8O/c8-7-11-5(12-13-7)6(16)9-1-3-15-4-2-10-14-15/h2,4H,1,3H2,(H,9,16)(H3,8,11,12,13). The Bertz CT molecular complexity index is 460. The van der Waals surface area contributed by atoms with E-state index in [2.05, 4.69) is 30.8 Å². The summed E-state index contributed by atoms with van der Waals surface area (Å²) in [6.45, 7) is 0.957. The molecule has 0 radical (unpaired) electrons. The van der Waals surface area contributed by atoms with E-state index < -0.39 is 0 Å². The summed E-state index contributed by atoms with van der Waals surface area (Å²) in [6, 6.07) is 0. The van der Waals surface area contributed by atoms with Crippen molar-refractivity contribution in [2.75, 3.05) is 12.3 Å². The molecule has 9 heteroatoms. The summed E-state index contributed by atoms with van der Waals surface area (Å²) in [6.07, 6.45) is 3.28. The first-order chi connectivity index (χ1) is 7.75. The van der Waals surface area contributed by atoms with Crippen molar-refractivity contribution in [1.29, 1.82) is 0 Å². The largest absolute Gasteiger partial charge is 0.366 e. The van der Waals surface area contributed by atoms with Crippen molar-refractivity contribution in [2.45, 2.75) is 6.54 Å². The van der Waals surface area contributed by atoms with Gasteiger partial charge in [-0.3, -0.25) is 14.6 Å². The predicted octanol–water partition coefficient (Wildman–Crippen LogP) is -1.59. The fraction of sp³-hybridized carbons (Fsp3) is 0.286. The highest BCUT2D eigenvalue weighted by Gasteiger charge is 2.09. The van der Waals surface area contributed by atoms with Gasteiger partial charge in [-0.15, -0.1) is 10.2 Å². The van der Waals surface area contributed by atoms with Crippen LogP contribution < -0.4 is 11.1 Å². The number of nitrogens with one attached hydrogen (secondary N) is 2. The van der Waals surface area contributed by atoms with Crippen LogP contribution in [0.25, 0.3) is 0 Å². The molecule has 0 aliphatic carbocycles. The van der Waals surface area contributed by atoms with Crippen LogP contribution in [0.1, 0.15) is 10.6 Å². The number of hydrogen-bond donors (Lipinski definition) is 3. The molecule has 0 aliphatic rings. The fourth-order valence-corrected chi connectivity index (χ4v) is 1.10. The monoisotopic (exact) mass is 222 g/mol. The molecule has 84 valence electrons. The highest BCUT2D eigenvalue weighted by atomic mass is 16.2. The van der Waals surface area contributed by atoms with E-state index in [1.165, 1.54) is 0 Å². The second kappa shape index (κ2) is 4.38. The van der Waals surface area contributed by atoms with E-state index in [4.69, 9.17) is 5.73 Å². The summed E-state index contributed by atoms with van der Waals surface area (Å²) < 4.78 is 1.61. The van der Waals surface area contributed by atoms with Crippen LogP contribution in [-0.2, 0) is 6.54 Å². The molecule has 2 aromatic rings. The highest BCUT2D eigenvalue weighted by molar-refractivity contribution is 5.90. The van der Waals surface area contributed by atoms with Gasteiger partial charge in [0.05, 0.1) is 12.7 Å². The number of aromatic amines is 1. The number of nitrogen functional groups attached to an aromatic ring is 1. The summed E-state index contributed by atoms with van der Waals surface area (Å²) in [7, 11) is 0. The van der Waals surface area contributed by atoms with Gasteiger partial charge in [-0.25, -0.2) is 0 Å². The Kier molecular flexibility index (Phi) is 2.76. The third-order valence-electron chi connectivity index (χ3n) is 1.82. The van der Waals surface area contributed by atoms with Crippen molar-refractivity contribution in [3.63, 3.8) is 0 Å². The van der Waals surface area contributed by atoms with Crippen molar-refractivity contribution in [1.82, 2.24) is 35.5 Å². The van der Waals surface area contributed by atoms with Gasteiger partial charge in [-0.1, -0.05) is 5.21 Å². The van der Waals surface area contributed by atoms with Gasteiger partial charge in [0.25, 0.3) is 5.91 Å². The Labute approximate surface area is 90.0 Å². The SMILES string of the molecule is Nc1n[nH]c(C(=O)NCCn2ccnn2)n1. The minimum absolute atomic E-state index is 0.0430. The lowest BCUT2D eigenvalue weighted by atomic mass is 10.5. The van der Waals surface area contributed by atoms with Gasteiger partial charge in [0.15, 0.2) is 0 Å². The van der Waals surface area contributed by atoms with Crippen LogP contribution in [0, 0.1) is 0 Å². The molecule has 0 fully saturated rings. The van der Waals surface area contributed by atoms with Crippen molar-refractivity contribution in [2.24, 2.45) is 0 Å². The maximum absolute atomic E-state index is 11.4. The van der Waals surface area contributed by atoms with Crippen LogP contribution in [0.2, 0.25) is 0 Å². The molecule has 0 saturated carbocycles. The number of aromatic nitrogens is 6. The van der Waals surface area contributed by atoms with Crippen LogP contribution >= 0.6 is 0 Å². The lowest BCUT2D eigenvalue weighted by Gasteiger charge is -2.01. The Balaban J connectivity index is 1.80. The van der Waals surface area contributed by atoms with Gasteiger partial charge in [-0.05, 0) is 0 Å². The van der Waals surface area contributed by atoms with E-state index in [0.717, 1.165) is 0 Å². The maximum Gasteiger partial charge on any atom is 0.288 e. The third-order valence-corrected chi connectivity index (χ3v) is 1.82. The number of carbonyl (C=O) groups is 1. The number of carbonyl (C=O) groups excluding carboxylic acids is 1. The average Bonchev–Trinajstić information content (AvgIpc) is 2.89. The lowest BCUT2D eigenvalue weighted by Crippen LogP contribution is -2.28. The summed E-state index contributed by atoms with van der Waals surface area (Å²) in [5, 5.41) is 16.0. The number of nitrogens with two attached hydrogens (primary N) is 1. The minimum Gasteiger partial charge on any atom is -0.366 e. The molecule has 9 nitrogen and oxygen atoms in total. The van der Waals surface area contributed by atoms with E-state index in [1.807, 2.05) is 0 Å². The van der Waals surface area contributed by atoms with Crippen LogP contribution in [0.3, 0.4) is 0 Å². The number of rotatable bonds is 4. The van der Waals surface area contributed by atoms with Crippen LogP contribution in [0.4, 0.5) is 5.95 Å². The topological polar surface area (TPSA) is 127 Å². The van der Waals surface area contributed by atoms with Crippen molar-refractivity contribution in [3.05, 3.63) is 18.2 Å². The van der Waals surface area contributed by atoms with E-state index in [1.54, 1.807) is 17.1 Å². The van der Waals surface area contributed by atoms with Gasteiger partial charge < -0.3 is 11.1 Å². The second-order valence-corrected chi connectivity index (χ2v) is 2.96. The zero-order chi connectivity index (χ0) is 11.4. The molecular formula is C7H10N8O. The highest BCUT2D eigenvalue weighted by Crippen LogP contribution is 1.92. The third kappa shape index (κ3) is 2.32. The van der Waals surface area contributed by atoms with Crippen molar-refractivity contribution < 1.29 is 4.79 Å². The summed E-state index contributed by atoms with van der Waals surface area (Å²) >= 11 is 0. The van der Waals surface area contributed by atoms with Gasteiger partial charge in [0, 0.05) is 12.7 Å². The second-order valence-electron chi connectivity index (χ2n) is 2.96. The summed E-state index contributed by atoms with van der Waals surface area (Å²) in [5.74, 6) is -0.221. The lowest BCUT2D eigenvalue weighted by molar-refractivity contribution is 0.0942. The smallest absolute Gasteiger partial charge is 0.288 e. The van der Waals surface area contributed by atoms with E-state index >= 15 is 0 Å². The van der Waals surface area contributed by atoms with Gasteiger partial charge in [0.2, 0.25) is 11.8 Å². The van der Waals surface area contributed by atoms with E-state index in [0.29, 0.717) is 13.1 Å². The Morgan fingerprint density at radius 1 is 1.62 bits per heavy atom. The fourth-order valence-electron chi connectivity index (χ4n) is 1.10. The molecule has 0 spiro atoms. The van der Waals surface area contributed by atoms with Crippen LogP contribution in [-0.4, -0.2) is 42.6 Å². The van der Waals surface area contributed by atoms with Crippen LogP contribution in [0.5, 0.6) is 0 Å². The molecule has 2 rings (SSSR count). The van der Waals surface area contributed by atoms with Crippen molar-refractivity contribution >= 4 is 11.9 Å². The molecule has 0 aromatic carbocycles. The molecule has 0 saturated heterocycles. The molecule has 1 amide bonds. The first-order valence-corrected chi connectivity index (χ1v) is 4.56. The molecule has 0 unspecified atom stereocenters. The Morgan fingerprint density at radius 3 is 3.12 bits per heavy atom. The molecule has 16 heavy (non-hydrogen) atoms. The molecule has 4 N–H and O–H groups in total. The van der Waals surface area contributed by atoms with Crippen LogP contribution in [0.15, 0.2) is 12.4 Å². The molecule has 0 atom stereocenters. The normalized spacial score (nSPS) is 10.2. The maximum atomic E-state index is 11.4. The minimum atomic E-state index is -0.357. The molecular weight excluding hydrogens is 212 g/mol. The predicted molar refractivity (Wildman–Crippen MR) is 53.2 cm³/mol. The first kappa shape index (κ1) is 10.1. The quantitative estimate of drug-likeness (QED) is 0.572. The van der Waals surface area contributed by atoms with E-state index in [9.17, 15) is 4.79 Å².